The van der Waals surface area contributed by atoms with E-state index in [2.05, 4.69) is 38.0 Å². The van der Waals surface area contributed by atoms with Crippen LogP contribution < -0.4 is 5.32 Å². The van der Waals surface area contributed by atoms with E-state index in [0.717, 1.165) is 17.9 Å². The Balaban J connectivity index is 2.40. The SMILES string of the molecule is CCC(CC)CN(CC)CC1CCCC1NC. The number of nitrogens with one attached hydrogen (secondary N) is 1. The molecule has 1 rings (SSSR count). The first-order valence-corrected chi connectivity index (χ1v) is 7.64. The van der Waals surface area contributed by atoms with Gasteiger partial charge in [-0.1, -0.05) is 40.0 Å². The zero-order valence-electron chi connectivity index (χ0n) is 12.3. The summed E-state index contributed by atoms with van der Waals surface area (Å²) in [5, 5.41) is 3.50. The van der Waals surface area contributed by atoms with Gasteiger partial charge in [-0.15, -0.1) is 0 Å². The van der Waals surface area contributed by atoms with Crippen LogP contribution in [0.1, 0.15) is 52.9 Å². The average molecular weight is 240 g/mol. The fourth-order valence-corrected chi connectivity index (χ4v) is 3.21. The molecule has 1 aliphatic rings. The summed E-state index contributed by atoms with van der Waals surface area (Å²) < 4.78 is 0. The number of hydrogen-bond acceptors (Lipinski definition) is 2. The first-order chi connectivity index (χ1) is 8.24. The Morgan fingerprint density at radius 3 is 2.41 bits per heavy atom. The molecule has 17 heavy (non-hydrogen) atoms. The lowest BCUT2D eigenvalue weighted by molar-refractivity contribution is 0.190. The third kappa shape index (κ3) is 4.59. The maximum atomic E-state index is 3.50. The van der Waals surface area contributed by atoms with Gasteiger partial charge in [0.2, 0.25) is 0 Å². The van der Waals surface area contributed by atoms with Gasteiger partial charge in [0.05, 0.1) is 0 Å². The van der Waals surface area contributed by atoms with Gasteiger partial charge in [0.1, 0.15) is 0 Å². The Kier molecular flexibility index (Phi) is 7.14. The summed E-state index contributed by atoms with van der Waals surface area (Å²) in [5.74, 6) is 1.78. The van der Waals surface area contributed by atoms with Gasteiger partial charge in [-0.2, -0.15) is 0 Å². The lowest BCUT2D eigenvalue weighted by atomic mass is 9.99. The molecular formula is C15H32N2. The van der Waals surface area contributed by atoms with E-state index in [9.17, 15) is 0 Å². The molecule has 1 fully saturated rings. The van der Waals surface area contributed by atoms with Crippen molar-refractivity contribution in [1.29, 1.82) is 0 Å². The molecular weight excluding hydrogens is 208 g/mol. The second-order valence-electron chi connectivity index (χ2n) is 5.62. The molecule has 0 aromatic heterocycles. The zero-order chi connectivity index (χ0) is 12.7. The third-order valence-electron chi connectivity index (χ3n) is 4.64. The van der Waals surface area contributed by atoms with Gasteiger partial charge in [-0.25, -0.2) is 0 Å². The van der Waals surface area contributed by atoms with Gasteiger partial charge >= 0.3 is 0 Å². The van der Waals surface area contributed by atoms with Crippen molar-refractivity contribution in [1.82, 2.24) is 10.2 Å². The van der Waals surface area contributed by atoms with Crippen molar-refractivity contribution >= 4 is 0 Å². The van der Waals surface area contributed by atoms with Crippen molar-refractivity contribution in [2.24, 2.45) is 11.8 Å². The molecule has 0 radical (unpaired) electrons. The number of nitrogens with zero attached hydrogens (tertiary/aromatic N) is 1. The van der Waals surface area contributed by atoms with Crippen molar-refractivity contribution in [3.8, 4) is 0 Å². The van der Waals surface area contributed by atoms with Crippen LogP contribution in [0.2, 0.25) is 0 Å². The predicted molar refractivity (Wildman–Crippen MR) is 76.4 cm³/mol. The maximum Gasteiger partial charge on any atom is 0.0104 e. The van der Waals surface area contributed by atoms with Crippen molar-refractivity contribution < 1.29 is 0 Å². The Hall–Kier alpha value is -0.0800. The Labute approximate surface area is 108 Å². The normalized spacial score (nSPS) is 25.1. The van der Waals surface area contributed by atoms with E-state index < -0.39 is 0 Å². The molecule has 2 atom stereocenters. The molecule has 0 aromatic rings. The minimum atomic E-state index is 0.769. The summed E-state index contributed by atoms with van der Waals surface area (Å²) in [6.07, 6.45) is 6.87. The Bertz CT molecular complexity index is 189. The molecule has 0 bridgehead atoms. The Morgan fingerprint density at radius 2 is 1.88 bits per heavy atom. The van der Waals surface area contributed by atoms with Crippen LogP contribution in [-0.4, -0.2) is 37.6 Å². The highest BCUT2D eigenvalue weighted by Crippen LogP contribution is 2.26. The van der Waals surface area contributed by atoms with Crippen LogP contribution in [-0.2, 0) is 0 Å². The summed E-state index contributed by atoms with van der Waals surface area (Å²) >= 11 is 0. The van der Waals surface area contributed by atoms with Crippen molar-refractivity contribution in [3.05, 3.63) is 0 Å². The van der Waals surface area contributed by atoms with Crippen LogP contribution in [0.4, 0.5) is 0 Å². The van der Waals surface area contributed by atoms with Gasteiger partial charge in [-0.05, 0) is 38.3 Å². The molecule has 2 unspecified atom stereocenters. The van der Waals surface area contributed by atoms with E-state index in [1.165, 1.54) is 51.7 Å². The molecule has 0 aliphatic heterocycles. The monoisotopic (exact) mass is 240 g/mol. The van der Waals surface area contributed by atoms with Gasteiger partial charge in [0.15, 0.2) is 0 Å². The van der Waals surface area contributed by atoms with E-state index in [4.69, 9.17) is 0 Å². The van der Waals surface area contributed by atoms with Crippen LogP contribution in [0, 0.1) is 11.8 Å². The van der Waals surface area contributed by atoms with E-state index in [0.29, 0.717) is 0 Å². The van der Waals surface area contributed by atoms with Gasteiger partial charge in [-0.3, -0.25) is 0 Å². The van der Waals surface area contributed by atoms with Crippen molar-refractivity contribution in [3.63, 3.8) is 0 Å². The minimum absolute atomic E-state index is 0.769. The number of rotatable bonds is 8. The summed E-state index contributed by atoms with van der Waals surface area (Å²) in [6, 6.07) is 0.769. The van der Waals surface area contributed by atoms with Crippen LogP contribution in [0.25, 0.3) is 0 Å². The second kappa shape index (κ2) is 8.10. The highest BCUT2D eigenvalue weighted by atomic mass is 15.1. The molecule has 0 saturated heterocycles. The van der Waals surface area contributed by atoms with Crippen LogP contribution >= 0.6 is 0 Å². The molecule has 2 nitrogen and oxygen atoms in total. The molecule has 1 N–H and O–H groups in total. The highest BCUT2D eigenvalue weighted by molar-refractivity contribution is 4.84. The van der Waals surface area contributed by atoms with Crippen LogP contribution in [0.3, 0.4) is 0 Å². The molecule has 0 aromatic carbocycles. The molecule has 0 amide bonds. The molecule has 1 saturated carbocycles. The van der Waals surface area contributed by atoms with Gasteiger partial charge in [0.25, 0.3) is 0 Å². The smallest absolute Gasteiger partial charge is 0.0104 e. The lowest BCUT2D eigenvalue weighted by Crippen LogP contribution is -2.39. The largest absolute Gasteiger partial charge is 0.317 e. The summed E-state index contributed by atoms with van der Waals surface area (Å²) in [5.41, 5.74) is 0. The average Bonchev–Trinajstić information content (AvgIpc) is 2.81. The van der Waals surface area contributed by atoms with Crippen molar-refractivity contribution in [2.45, 2.75) is 58.9 Å². The van der Waals surface area contributed by atoms with Crippen LogP contribution in [0.5, 0.6) is 0 Å². The first-order valence-electron chi connectivity index (χ1n) is 7.64. The topological polar surface area (TPSA) is 15.3 Å². The second-order valence-corrected chi connectivity index (χ2v) is 5.62. The standard InChI is InChI=1S/C15H32N2/c1-5-13(6-2)11-17(7-3)12-14-9-8-10-15(14)16-4/h13-16H,5-12H2,1-4H3. The first kappa shape index (κ1) is 15.0. The fraction of sp³-hybridized carbons (Fsp3) is 1.00. The highest BCUT2D eigenvalue weighted by Gasteiger charge is 2.27. The quantitative estimate of drug-likeness (QED) is 0.701. The van der Waals surface area contributed by atoms with E-state index in [1.54, 1.807) is 0 Å². The van der Waals surface area contributed by atoms with Gasteiger partial charge in [0, 0.05) is 19.1 Å². The zero-order valence-corrected chi connectivity index (χ0v) is 12.3. The van der Waals surface area contributed by atoms with Crippen molar-refractivity contribution in [2.75, 3.05) is 26.7 Å². The summed E-state index contributed by atoms with van der Waals surface area (Å²) in [7, 11) is 2.13. The van der Waals surface area contributed by atoms with Crippen LogP contribution in [0.15, 0.2) is 0 Å². The third-order valence-corrected chi connectivity index (χ3v) is 4.64. The number of hydrogen-bond donors (Lipinski definition) is 1. The molecule has 1 aliphatic carbocycles. The predicted octanol–water partition coefficient (Wildman–Crippen LogP) is 3.13. The van der Waals surface area contributed by atoms with Gasteiger partial charge < -0.3 is 10.2 Å². The molecule has 102 valence electrons. The fourth-order valence-electron chi connectivity index (χ4n) is 3.21. The molecule has 0 spiro atoms. The molecule has 2 heteroatoms. The minimum Gasteiger partial charge on any atom is -0.317 e. The molecule has 0 heterocycles. The van der Waals surface area contributed by atoms with E-state index in [1.807, 2.05) is 0 Å². The van der Waals surface area contributed by atoms with E-state index in [-0.39, 0.29) is 0 Å². The summed E-state index contributed by atoms with van der Waals surface area (Å²) in [6.45, 7) is 10.8. The lowest BCUT2D eigenvalue weighted by Gasteiger charge is -2.30. The maximum absolute atomic E-state index is 3.50. The van der Waals surface area contributed by atoms with E-state index >= 15 is 0 Å². The summed E-state index contributed by atoms with van der Waals surface area (Å²) in [4.78, 5) is 2.68. The Morgan fingerprint density at radius 1 is 1.18 bits per heavy atom.